The van der Waals surface area contributed by atoms with E-state index in [1.165, 1.54) is 11.1 Å². The van der Waals surface area contributed by atoms with E-state index in [0.29, 0.717) is 0 Å². The largest absolute Gasteiger partial charge is 0.453 e. The van der Waals surface area contributed by atoms with Gasteiger partial charge >= 0.3 is 0 Å². The van der Waals surface area contributed by atoms with E-state index >= 15 is 0 Å². The number of halogens is 1. The number of hydrogen-bond acceptors (Lipinski definition) is 1. The average molecular weight is 227 g/mol. The molecular formula is C10H11BrO. The Labute approximate surface area is 80.6 Å². The van der Waals surface area contributed by atoms with E-state index in [0.717, 1.165) is 29.7 Å². The van der Waals surface area contributed by atoms with Crippen molar-refractivity contribution in [2.24, 2.45) is 0 Å². The molecule has 0 N–H and O–H groups in total. The van der Waals surface area contributed by atoms with Crippen LogP contribution < -0.4 is 0 Å². The van der Waals surface area contributed by atoms with Gasteiger partial charge in [0.25, 0.3) is 0 Å². The van der Waals surface area contributed by atoms with Gasteiger partial charge < -0.3 is 4.42 Å². The zero-order chi connectivity index (χ0) is 8.55. The van der Waals surface area contributed by atoms with Crippen molar-refractivity contribution in [3.63, 3.8) is 0 Å². The van der Waals surface area contributed by atoms with Crippen molar-refractivity contribution in [3.05, 3.63) is 27.6 Å². The lowest BCUT2D eigenvalue weighted by atomic mass is 10.1. The third-order valence-corrected chi connectivity index (χ3v) is 2.76. The Balaban J connectivity index is 2.41. The van der Waals surface area contributed by atoms with Crippen molar-refractivity contribution < 1.29 is 4.42 Å². The molecule has 0 bridgehead atoms. The second-order valence-corrected chi connectivity index (χ2v) is 3.77. The van der Waals surface area contributed by atoms with Crippen LogP contribution in [0.15, 0.2) is 15.2 Å². The quantitative estimate of drug-likeness (QED) is 0.752. The lowest BCUT2D eigenvalue weighted by Crippen LogP contribution is -1.85. The van der Waals surface area contributed by atoms with Gasteiger partial charge in [-0.05, 0) is 28.8 Å². The monoisotopic (exact) mass is 226 g/mol. The van der Waals surface area contributed by atoms with Crippen molar-refractivity contribution in [1.82, 2.24) is 0 Å². The van der Waals surface area contributed by atoms with Gasteiger partial charge in [0.1, 0.15) is 5.76 Å². The zero-order valence-corrected chi connectivity index (χ0v) is 8.65. The SMILES string of the molecule is CCCc1oc(Br)c2c1CC=C2. The van der Waals surface area contributed by atoms with Gasteiger partial charge in [-0.1, -0.05) is 19.1 Å². The first-order valence-corrected chi connectivity index (χ1v) is 5.08. The molecule has 2 heteroatoms. The van der Waals surface area contributed by atoms with Crippen LogP contribution in [0.4, 0.5) is 0 Å². The van der Waals surface area contributed by atoms with Crippen LogP contribution in [-0.2, 0) is 12.8 Å². The van der Waals surface area contributed by atoms with Crippen LogP contribution in [0.2, 0.25) is 0 Å². The highest BCUT2D eigenvalue weighted by Gasteiger charge is 2.18. The summed E-state index contributed by atoms with van der Waals surface area (Å²) in [6.07, 6.45) is 7.55. The molecule has 2 rings (SSSR count). The maximum absolute atomic E-state index is 5.59. The fraction of sp³-hybridized carbons (Fsp3) is 0.400. The topological polar surface area (TPSA) is 13.1 Å². The molecule has 0 atom stereocenters. The molecular weight excluding hydrogens is 216 g/mol. The van der Waals surface area contributed by atoms with Gasteiger partial charge in [0.05, 0.1) is 0 Å². The summed E-state index contributed by atoms with van der Waals surface area (Å²) in [6.45, 7) is 2.17. The minimum Gasteiger partial charge on any atom is -0.453 e. The van der Waals surface area contributed by atoms with Gasteiger partial charge in [-0.3, -0.25) is 0 Å². The molecule has 1 aliphatic rings. The third kappa shape index (κ3) is 1.14. The van der Waals surface area contributed by atoms with Gasteiger partial charge in [0, 0.05) is 17.5 Å². The van der Waals surface area contributed by atoms with Gasteiger partial charge in [-0.25, -0.2) is 0 Å². The Bertz CT molecular complexity index is 323. The molecule has 0 aliphatic heterocycles. The smallest absolute Gasteiger partial charge is 0.176 e. The first-order chi connectivity index (χ1) is 5.83. The summed E-state index contributed by atoms with van der Waals surface area (Å²) < 4.78 is 6.49. The predicted molar refractivity (Wildman–Crippen MR) is 53.1 cm³/mol. The molecule has 64 valence electrons. The van der Waals surface area contributed by atoms with E-state index in [1.807, 2.05) is 0 Å². The minimum absolute atomic E-state index is 0.898. The highest BCUT2D eigenvalue weighted by Crippen LogP contribution is 2.33. The van der Waals surface area contributed by atoms with Crippen LogP contribution in [0.1, 0.15) is 30.2 Å². The molecule has 0 saturated carbocycles. The average Bonchev–Trinajstić information content (AvgIpc) is 2.58. The highest BCUT2D eigenvalue weighted by atomic mass is 79.9. The van der Waals surface area contributed by atoms with E-state index < -0.39 is 0 Å². The number of fused-ring (bicyclic) bond motifs is 1. The molecule has 1 aromatic heterocycles. The van der Waals surface area contributed by atoms with Gasteiger partial charge in [0.2, 0.25) is 0 Å². The van der Waals surface area contributed by atoms with E-state index in [9.17, 15) is 0 Å². The Morgan fingerprint density at radius 1 is 1.58 bits per heavy atom. The molecule has 12 heavy (non-hydrogen) atoms. The number of hydrogen-bond donors (Lipinski definition) is 0. The Hall–Kier alpha value is -0.500. The second-order valence-electron chi connectivity index (χ2n) is 3.05. The summed E-state index contributed by atoms with van der Waals surface area (Å²) in [5, 5.41) is 0. The van der Waals surface area contributed by atoms with Crippen molar-refractivity contribution >= 4 is 22.0 Å². The fourth-order valence-electron chi connectivity index (χ4n) is 1.61. The van der Waals surface area contributed by atoms with Crippen LogP contribution in [0.3, 0.4) is 0 Å². The van der Waals surface area contributed by atoms with Crippen molar-refractivity contribution in [2.45, 2.75) is 26.2 Å². The third-order valence-electron chi connectivity index (χ3n) is 2.17. The molecule has 0 unspecified atom stereocenters. The first kappa shape index (κ1) is 8.11. The molecule has 1 aromatic rings. The molecule has 0 aromatic carbocycles. The normalized spacial score (nSPS) is 13.8. The van der Waals surface area contributed by atoms with Crippen LogP contribution >= 0.6 is 15.9 Å². The molecule has 0 fully saturated rings. The maximum Gasteiger partial charge on any atom is 0.176 e. The van der Waals surface area contributed by atoms with Crippen LogP contribution in [0.25, 0.3) is 6.08 Å². The van der Waals surface area contributed by atoms with E-state index in [2.05, 4.69) is 35.0 Å². The molecule has 0 amide bonds. The van der Waals surface area contributed by atoms with Crippen molar-refractivity contribution in [1.29, 1.82) is 0 Å². The second kappa shape index (κ2) is 3.09. The van der Waals surface area contributed by atoms with Crippen LogP contribution in [0, 0.1) is 0 Å². The molecule has 1 nitrogen and oxygen atoms in total. The van der Waals surface area contributed by atoms with Gasteiger partial charge in [-0.2, -0.15) is 0 Å². The molecule has 0 spiro atoms. The summed E-state index contributed by atoms with van der Waals surface area (Å²) in [5.41, 5.74) is 2.63. The first-order valence-electron chi connectivity index (χ1n) is 4.29. The summed E-state index contributed by atoms with van der Waals surface area (Å²) in [7, 11) is 0. The number of furan rings is 1. The standard InChI is InChI=1S/C10H11BrO/c1-2-4-9-7-5-3-6-8(7)10(11)12-9/h3,6H,2,4-5H2,1H3. The Morgan fingerprint density at radius 3 is 3.17 bits per heavy atom. The summed E-state index contributed by atoms with van der Waals surface area (Å²) >= 11 is 3.42. The lowest BCUT2D eigenvalue weighted by Gasteiger charge is -1.94. The Morgan fingerprint density at radius 2 is 2.42 bits per heavy atom. The predicted octanol–water partition coefficient (Wildman–Crippen LogP) is 3.56. The molecule has 1 heterocycles. The van der Waals surface area contributed by atoms with Gasteiger partial charge in [0.15, 0.2) is 4.67 Å². The summed E-state index contributed by atoms with van der Waals surface area (Å²) in [5.74, 6) is 1.16. The Kier molecular flexibility index (Phi) is 2.09. The maximum atomic E-state index is 5.59. The lowest BCUT2D eigenvalue weighted by molar-refractivity contribution is 0.481. The number of rotatable bonds is 2. The van der Waals surface area contributed by atoms with Crippen molar-refractivity contribution in [2.75, 3.05) is 0 Å². The highest BCUT2D eigenvalue weighted by molar-refractivity contribution is 9.10. The van der Waals surface area contributed by atoms with Crippen LogP contribution in [-0.4, -0.2) is 0 Å². The van der Waals surface area contributed by atoms with Crippen LogP contribution in [0.5, 0.6) is 0 Å². The minimum atomic E-state index is 0.898. The molecule has 0 radical (unpaired) electrons. The van der Waals surface area contributed by atoms with E-state index in [-0.39, 0.29) is 0 Å². The number of allylic oxidation sites excluding steroid dienone is 1. The molecule has 1 aliphatic carbocycles. The van der Waals surface area contributed by atoms with E-state index in [1.54, 1.807) is 0 Å². The fourth-order valence-corrected chi connectivity index (χ4v) is 2.17. The number of aryl methyl sites for hydroxylation is 1. The van der Waals surface area contributed by atoms with Crippen molar-refractivity contribution in [3.8, 4) is 0 Å². The zero-order valence-electron chi connectivity index (χ0n) is 7.06. The molecule has 0 saturated heterocycles. The van der Waals surface area contributed by atoms with Gasteiger partial charge in [-0.15, -0.1) is 0 Å². The van der Waals surface area contributed by atoms with E-state index in [4.69, 9.17) is 4.42 Å². The summed E-state index contributed by atoms with van der Waals surface area (Å²) in [4.78, 5) is 0. The summed E-state index contributed by atoms with van der Waals surface area (Å²) in [6, 6.07) is 0.